The number of likely N-dealkylation sites (tertiary alicyclic amines) is 1. The summed E-state index contributed by atoms with van der Waals surface area (Å²) in [5.41, 5.74) is 2.74. The van der Waals surface area contributed by atoms with Crippen molar-refractivity contribution in [2.75, 3.05) is 13.1 Å². The van der Waals surface area contributed by atoms with Gasteiger partial charge >= 0.3 is 0 Å². The number of carbonyl (C=O) groups excluding carboxylic acids is 1. The Morgan fingerprint density at radius 2 is 2.24 bits per heavy atom. The summed E-state index contributed by atoms with van der Waals surface area (Å²) < 4.78 is 0. The molecule has 0 unspecified atom stereocenters. The zero-order valence-electron chi connectivity index (χ0n) is 11.8. The Hall–Kier alpha value is -2.13. The van der Waals surface area contributed by atoms with E-state index in [1.54, 1.807) is 11.4 Å². The van der Waals surface area contributed by atoms with E-state index in [0.717, 1.165) is 37.3 Å². The molecule has 5 nitrogen and oxygen atoms in total. The van der Waals surface area contributed by atoms with Crippen LogP contribution in [0, 0.1) is 18.3 Å². The number of nitrogens with zero attached hydrogens (tertiary/aromatic N) is 3. The van der Waals surface area contributed by atoms with Crippen LogP contribution in [0.4, 0.5) is 0 Å². The summed E-state index contributed by atoms with van der Waals surface area (Å²) in [6, 6.07) is 5.82. The van der Waals surface area contributed by atoms with Crippen LogP contribution in [0.15, 0.2) is 17.5 Å². The second-order valence-electron chi connectivity index (χ2n) is 5.35. The van der Waals surface area contributed by atoms with Crippen molar-refractivity contribution >= 4 is 17.2 Å². The number of carbonyl (C=O) groups is 1. The van der Waals surface area contributed by atoms with Gasteiger partial charge in [0.25, 0.3) is 5.91 Å². The number of thiophene rings is 1. The molecule has 3 heterocycles. The summed E-state index contributed by atoms with van der Waals surface area (Å²) in [5.74, 6) is 0.468. The number of aromatic nitrogens is 2. The summed E-state index contributed by atoms with van der Waals surface area (Å²) in [6.07, 6.45) is 1.87. The number of hydrogen-bond donors (Lipinski definition) is 1. The van der Waals surface area contributed by atoms with Crippen LogP contribution in [0.2, 0.25) is 0 Å². The van der Waals surface area contributed by atoms with E-state index in [-0.39, 0.29) is 5.91 Å². The number of aromatic amines is 1. The van der Waals surface area contributed by atoms with E-state index in [1.165, 1.54) is 11.3 Å². The minimum atomic E-state index is 0.0400. The third kappa shape index (κ3) is 2.83. The van der Waals surface area contributed by atoms with Crippen LogP contribution in [0.3, 0.4) is 0 Å². The molecule has 6 heteroatoms. The molecule has 0 aliphatic carbocycles. The minimum Gasteiger partial charge on any atom is -0.338 e. The molecule has 108 valence electrons. The summed E-state index contributed by atoms with van der Waals surface area (Å²) in [5, 5.41) is 17.9. The first kappa shape index (κ1) is 13.8. The summed E-state index contributed by atoms with van der Waals surface area (Å²) in [4.78, 5) is 14.9. The third-order valence-corrected chi connectivity index (χ3v) is 4.78. The van der Waals surface area contributed by atoms with Gasteiger partial charge in [-0.3, -0.25) is 9.89 Å². The van der Waals surface area contributed by atoms with Crippen molar-refractivity contribution in [2.45, 2.75) is 25.7 Å². The standard InChI is InChI=1S/C15H16N4OS/c1-10-6-13(18-17-10)12-2-4-19(5-3-12)15(20)14-7-11(8-16)9-21-14/h6-7,9,12H,2-5H2,1H3,(H,17,18). The highest BCUT2D eigenvalue weighted by atomic mass is 32.1. The highest BCUT2D eigenvalue weighted by Crippen LogP contribution is 2.28. The minimum absolute atomic E-state index is 0.0400. The number of piperidine rings is 1. The van der Waals surface area contributed by atoms with Gasteiger partial charge in [0.05, 0.1) is 16.1 Å². The highest BCUT2D eigenvalue weighted by molar-refractivity contribution is 7.12. The molecular formula is C15H16N4OS. The molecular weight excluding hydrogens is 284 g/mol. The lowest BCUT2D eigenvalue weighted by Crippen LogP contribution is -2.37. The van der Waals surface area contributed by atoms with E-state index < -0.39 is 0 Å². The molecule has 0 saturated carbocycles. The molecule has 21 heavy (non-hydrogen) atoms. The maximum Gasteiger partial charge on any atom is 0.263 e. The van der Waals surface area contributed by atoms with Gasteiger partial charge < -0.3 is 4.90 Å². The van der Waals surface area contributed by atoms with Crippen molar-refractivity contribution in [3.05, 3.63) is 39.3 Å². The van der Waals surface area contributed by atoms with Gasteiger partial charge in [0.2, 0.25) is 0 Å². The molecule has 0 spiro atoms. The quantitative estimate of drug-likeness (QED) is 0.926. The molecule has 1 fully saturated rings. The fourth-order valence-corrected chi connectivity index (χ4v) is 3.49. The average molecular weight is 300 g/mol. The van der Waals surface area contributed by atoms with Crippen LogP contribution < -0.4 is 0 Å². The van der Waals surface area contributed by atoms with E-state index in [0.29, 0.717) is 16.4 Å². The molecule has 0 atom stereocenters. The first-order chi connectivity index (χ1) is 10.2. The van der Waals surface area contributed by atoms with Gasteiger partial charge in [0.1, 0.15) is 6.07 Å². The second-order valence-corrected chi connectivity index (χ2v) is 6.26. The molecule has 0 aromatic carbocycles. The van der Waals surface area contributed by atoms with Gasteiger partial charge in [-0.25, -0.2) is 0 Å². The number of nitriles is 1. The largest absolute Gasteiger partial charge is 0.338 e. The third-order valence-electron chi connectivity index (χ3n) is 3.87. The van der Waals surface area contributed by atoms with Gasteiger partial charge in [0, 0.05) is 30.1 Å². The van der Waals surface area contributed by atoms with Crippen LogP contribution in [-0.4, -0.2) is 34.1 Å². The zero-order chi connectivity index (χ0) is 14.8. The Balaban J connectivity index is 1.63. The van der Waals surface area contributed by atoms with Crippen molar-refractivity contribution in [1.82, 2.24) is 15.1 Å². The van der Waals surface area contributed by atoms with Crippen molar-refractivity contribution in [3.63, 3.8) is 0 Å². The zero-order valence-corrected chi connectivity index (χ0v) is 12.6. The number of aryl methyl sites for hydroxylation is 1. The first-order valence-corrected chi connectivity index (χ1v) is 7.85. The summed E-state index contributed by atoms with van der Waals surface area (Å²) >= 11 is 1.35. The molecule has 2 aromatic heterocycles. The van der Waals surface area contributed by atoms with Crippen LogP contribution >= 0.6 is 11.3 Å². The second kappa shape index (κ2) is 5.70. The summed E-state index contributed by atoms with van der Waals surface area (Å²) in [7, 11) is 0. The SMILES string of the molecule is Cc1cc(C2CCN(C(=O)c3cc(C#N)cs3)CC2)n[nH]1. The van der Waals surface area contributed by atoms with Crippen LogP contribution in [0.5, 0.6) is 0 Å². The molecule has 1 saturated heterocycles. The normalized spacial score (nSPS) is 15.9. The molecule has 0 radical (unpaired) electrons. The Kier molecular flexibility index (Phi) is 3.76. The van der Waals surface area contributed by atoms with Gasteiger partial charge in [-0.15, -0.1) is 11.3 Å². The number of H-pyrrole nitrogens is 1. The molecule has 1 amide bonds. The number of rotatable bonds is 2. The van der Waals surface area contributed by atoms with Crippen LogP contribution in [0.25, 0.3) is 0 Å². The average Bonchev–Trinajstić information content (AvgIpc) is 3.15. The van der Waals surface area contributed by atoms with E-state index in [1.807, 2.05) is 11.8 Å². The van der Waals surface area contributed by atoms with Gasteiger partial charge in [-0.2, -0.15) is 10.4 Å². The van der Waals surface area contributed by atoms with Crippen molar-refractivity contribution in [2.24, 2.45) is 0 Å². The Labute approximate surface area is 127 Å². The summed E-state index contributed by atoms with van der Waals surface area (Å²) in [6.45, 7) is 3.49. The van der Waals surface area contributed by atoms with Gasteiger partial charge in [-0.1, -0.05) is 0 Å². The lowest BCUT2D eigenvalue weighted by atomic mass is 9.93. The van der Waals surface area contributed by atoms with Crippen LogP contribution in [-0.2, 0) is 0 Å². The number of hydrogen-bond acceptors (Lipinski definition) is 4. The van der Waals surface area contributed by atoms with Crippen molar-refractivity contribution < 1.29 is 4.79 Å². The predicted octanol–water partition coefficient (Wildman–Crippen LogP) is 2.67. The van der Waals surface area contributed by atoms with Crippen LogP contribution in [0.1, 0.15) is 45.4 Å². The van der Waals surface area contributed by atoms with Gasteiger partial charge in [-0.05, 0) is 31.9 Å². The lowest BCUT2D eigenvalue weighted by molar-refractivity contribution is 0.0717. The van der Waals surface area contributed by atoms with E-state index >= 15 is 0 Å². The molecule has 3 rings (SSSR count). The van der Waals surface area contributed by atoms with Crippen molar-refractivity contribution in [1.29, 1.82) is 5.26 Å². The Morgan fingerprint density at radius 1 is 1.48 bits per heavy atom. The topological polar surface area (TPSA) is 72.8 Å². The number of amides is 1. The fraction of sp³-hybridized carbons (Fsp3) is 0.400. The molecule has 2 aromatic rings. The molecule has 1 N–H and O–H groups in total. The maximum absolute atomic E-state index is 12.4. The molecule has 1 aliphatic rings. The van der Waals surface area contributed by atoms with Gasteiger partial charge in [0.15, 0.2) is 0 Å². The molecule has 1 aliphatic heterocycles. The van der Waals surface area contributed by atoms with E-state index in [9.17, 15) is 4.79 Å². The number of nitrogens with one attached hydrogen (secondary N) is 1. The smallest absolute Gasteiger partial charge is 0.263 e. The Morgan fingerprint density at radius 3 is 2.81 bits per heavy atom. The maximum atomic E-state index is 12.4. The monoisotopic (exact) mass is 300 g/mol. The first-order valence-electron chi connectivity index (χ1n) is 6.97. The van der Waals surface area contributed by atoms with E-state index in [2.05, 4.69) is 22.3 Å². The van der Waals surface area contributed by atoms with Crippen molar-refractivity contribution in [3.8, 4) is 6.07 Å². The Bertz CT molecular complexity index is 689. The predicted molar refractivity (Wildman–Crippen MR) is 80.2 cm³/mol. The lowest BCUT2D eigenvalue weighted by Gasteiger charge is -2.30. The molecule has 0 bridgehead atoms. The highest BCUT2D eigenvalue weighted by Gasteiger charge is 2.26. The fourth-order valence-electron chi connectivity index (χ4n) is 2.69. The van der Waals surface area contributed by atoms with E-state index in [4.69, 9.17) is 5.26 Å².